The highest BCUT2D eigenvalue weighted by molar-refractivity contribution is 6.74. The van der Waals surface area contributed by atoms with Gasteiger partial charge in [0.05, 0.1) is 11.6 Å². The van der Waals surface area contributed by atoms with Crippen molar-refractivity contribution in [3.63, 3.8) is 0 Å². The number of ether oxygens (including phenoxy) is 1. The van der Waals surface area contributed by atoms with Gasteiger partial charge in [-0.1, -0.05) is 45.0 Å². The molecule has 2 aromatic rings. The van der Waals surface area contributed by atoms with Gasteiger partial charge in [0.2, 0.25) is 0 Å². The quantitative estimate of drug-likeness (QED) is 0.434. The van der Waals surface area contributed by atoms with Gasteiger partial charge in [-0.25, -0.2) is 4.79 Å². The summed E-state index contributed by atoms with van der Waals surface area (Å²) in [5, 5.41) is 1.06. The molecule has 4 nitrogen and oxygen atoms in total. The fourth-order valence-electron chi connectivity index (χ4n) is 2.63. The van der Waals surface area contributed by atoms with E-state index in [0.29, 0.717) is 0 Å². The number of benzene rings is 1. The van der Waals surface area contributed by atoms with Crippen LogP contribution in [0.25, 0.3) is 10.9 Å². The number of nitrogens with zero attached hydrogens (tertiary/aromatic N) is 1. The minimum absolute atomic E-state index is 0.0811. The van der Waals surface area contributed by atoms with E-state index in [1.54, 1.807) is 4.57 Å². The molecule has 2 rings (SSSR count). The van der Waals surface area contributed by atoms with Crippen LogP contribution in [0.4, 0.5) is 4.79 Å². The van der Waals surface area contributed by atoms with Crippen LogP contribution in [-0.4, -0.2) is 24.6 Å². The van der Waals surface area contributed by atoms with Crippen LogP contribution in [0.15, 0.2) is 43.1 Å². The van der Waals surface area contributed by atoms with Crippen molar-refractivity contribution in [2.24, 2.45) is 0 Å². The van der Waals surface area contributed by atoms with Gasteiger partial charge >= 0.3 is 6.09 Å². The zero-order valence-electron chi connectivity index (χ0n) is 17.9. The molecule has 1 aromatic carbocycles. The molecule has 0 aliphatic heterocycles. The number of carbonyl (C=O) groups is 1. The van der Waals surface area contributed by atoms with Crippen LogP contribution in [0.5, 0.6) is 0 Å². The van der Waals surface area contributed by atoms with Crippen molar-refractivity contribution in [3.8, 4) is 0 Å². The first-order valence-corrected chi connectivity index (χ1v) is 12.3. The molecule has 5 heteroatoms. The van der Waals surface area contributed by atoms with Crippen molar-refractivity contribution in [2.45, 2.75) is 71.4 Å². The van der Waals surface area contributed by atoms with E-state index >= 15 is 0 Å². The van der Waals surface area contributed by atoms with Crippen molar-refractivity contribution >= 4 is 25.3 Å². The Bertz CT molecular complexity index is 837. The van der Waals surface area contributed by atoms with Gasteiger partial charge < -0.3 is 9.16 Å². The van der Waals surface area contributed by atoms with Crippen molar-refractivity contribution in [1.82, 2.24) is 4.57 Å². The molecule has 0 saturated heterocycles. The van der Waals surface area contributed by atoms with E-state index in [2.05, 4.69) is 40.4 Å². The molecule has 27 heavy (non-hydrogen) atoms. The lowest BCUT2D eigenvalue weighted by atomic mass is 10.1. The molecule has 0 aliphatic carbocycles. The van der Waals surface area contributed by atoms with Crippen LogP contribution < -0.4 is 0 Å². The molecule has 0 amide bonds. The average molecular weight is 388 g/mol. The van der Waals surface area contributed by atoms with E-state index in [9.17, 15) is 4.79 Å². The zero-order chi connectivity index (χ0) is 20.6. The Morgan fingerprint density at radius 2 is 1.74 bits per heavy atom. The number of carbonyl (C=O) groups excluding carboxylic acids is 1. The molecule has 0 fully saturated rings. The van der Waals surface area contributed by atoms with E-state index in [0.717, 1.165) is 16.5 Å². The van der Waals surface area contributed by atoms with Crippen LogP contribution in [-0.2, 0) is 9.16 Å². The van der Waals surface area contributed by atoms with Gasteiger partial charge in [0.25, 0.3) is 0 Å². The number of hydrogen-bond acceptors (Lipinski definition) is 3. The summed E-state index contributed by atoms with van der Waals surface area (Å²) in [7, 11) is -2.01. The Labute approximate surface area is 164 Å². The summed E-state index contributed by atoms with van der Waals surface area (Å²) in [6.07, 6.45) is 2.99. The van der Waals surface area contributed by atoms with Crippen molar-refractivity contribution in [1.29, 1.82) is 0 Å². The lowest BCUT2D eigenvalue weighted by Crippen LogP contribution is -2.41. The maximum absolute atomic E-state index is 12.7. The predicted molar refractivity (Wildman–Crippen MR) is 115 cm³/mol. The molecule has 0 bridgehead atoms. The molecule has 0 spiro atoms. The summed E-state index contributed by atoms with van der Waals surface area (Å²) in [5.41, 5.74) is 1.20. The van der Waals surface area contributed by atoms with Crippen LogP contribution in [0.3, 0.4) is 0 Å². The zero-order valence-corrected chi connectivity index (χ0v) is 18.9. The van der Waals surface area contributed by atoms with E-state index in [4.69, 9.17) is 9.16 Å². The Morgan fingerprint density at radius 1 is 1.15 bits per heavy atom. The molecule has 1 aromatic heterocycles. The third kappa shape index (κ3) is 4.71. The molecule has 0 aliphatic rings. The lowest BCUT2D eigenvalue weighted by Gasteiger charge is -2.38. The minimum atomic E-state index is -2.01. The van der Waals surface area contributed by atoms with Crippen LogP contribution >= 0.6 is 0 Å². The third-order valence-electron chi connectivity index (χ3n) is 5.08. The second-order valence-electron chi connectivity index (χ2n) is 9.49. The van der Waals surface area contributed by atoms with Gasteiger partial charge in [0, 0.05) is 17.1 Å². The first-order valence-electron chi connectivity index (χ1n) is 9.40. The Hall–Kier alpha value is -1.85. The lowest BCUT2D eigenvalue weighted by molar-refractivity contribution is 0.0544. The van der Waals surface area contributed by atoms with Gasteiger partial charge in [-0.2, -0.15) is 0 Å². The van der Waals surface area contributed by atoms with Crippen molar-refractivity contribution in [3.05, 3.63) is 48.7 Å². The van der Waals surface area contributed by atoms with Gasteiger partial charge in [-0.3, -0.25) is 4.57 Å². The Kier molecular flexibility index (Phi) is 5.79. The van der Waals surface area contributed by atoms with Crippen molar-refractivity contribution in [2.75, 3.05) is 0 Å². The van der Waals surface area contributed by atoms with E-state index in [1.807, 2.05) is 57.3 Å². The molecule has 1 atom stereocenters. The van der Waals surface area contributed by atoms with Crippen LogP contribution in [0.1, 0.15) is 53.2 Å². The fourth-order valence-corrected chi connectivity index (χ4v) is 3.84. The topological polar surface area (TPSA) is 40.5 Å². The third-order valence-corrected chi connectivity index (χ3v) is 9.54. The molecule has 1 heterocycles. The predicted octanol–water partition coefficient (Wildman–Crippen LogP) is 6.67. The highest BCUT2D eigenvalue weighted by Crippen LogP contribution is 2.41. The fraction of sp³-hybridized carbons (Fsp3) is 0.500. The smallest absolute Gasteiger partial charge is 0.419 e. The second-order valence-corrected chi connectivity index (χ2v) is 14.2. The first-order chi connectivity index (χ1) is 12.3. The molecule has 1 unspecified atom stereocenters. The largest absolute Gasteiger partial charge is 0.443 e. The number of hydrogen-bond donors (Lipinski definition) is 0. The van der Waals surface area contributed by atoms with Gasteiger partial charge in [0.15, 0.2) is 8.32 Å². The number of para-hydroxylation sites is 1. The molecule has 148 valence electrons. The molecule has 0 radical (unpaired) electrons. The van der Waals surface area contributed by atoms with Crippen LogP contribution in [0, 0.1) is 0 Å². The normalized spacial score (nSPS) is 14.2. The first kappa shape index (κ1) is 21.4. The second kappa shape index (κ2) is 7.28. The van der Waals surface area contributed by atoms with E-state index < -0.39 is 13.9 Å². The summed E-state index contributed by atoms with van der Waals surface area (Å²) >= 11 is 0. The highest BCUT2D eigenvalue weighted by Gasteiger charge is 2.39. The van der Waals surface area contributed by atoms with E-state index in [1.165, 1.54) is 0 Å². The molecule has 0 saturated carbocycles. The summed E-state index contributed by atoms with van der Waals surface area (Å²) in [4.78, 5) is 12.7. The Morgan fingerprint density at radius 3 is 2.26 bits per heavy atom. The van der Waals surface area contributed by atoms with Crippen molar-refractivity contribution < 1.29 is 14.0 Å². The molecule has 0 N–H and O–H groups in total. The number of aromatic nitrogens is 1. The van der Waals surface area contributed by atoms with Gasteiger partial charge in [-0.15, -0.1) is 6.58 Å². The number of rotatable bonds is 4. The molecular weight excluding hydrogens is 354 g/mol. The SMILES string of the molecule is C=CC(O[Si](C)(C)C(C)(C)C)c1cn(C(=O)OC(C)(C)C)c2ccccc12. The highest BCUT2D eigenvalue weighted by atomic mass is 28.4. The average Bonchev–Trinajstić information content (AvgIpc) is 2.89. The summed E-state index contributed by atoms with van der Waals surface area (Å²) in [6, 6.07) is 7.83. The Balaban J connectivity index is 2.52. The maximum Gasteiger partial charge on any atom is 0.419 e. The summed E-state index contributed by atoms with van der Waals surface area (Å²) in [5.74, 6) is 0. The van der Waals surface area contributed by atoms with E-state index in [-0.39, 0.29) is 17.2 Å². The van der Waals surface area contributed by atoms with Gasteiger partial charge in [-0.05, 0) is 45.0 Å². The monoisotopic (exact) mass is 387 g/mol. The van der Waals surface area contributed by atoms with Crippen LogP contribution in [0.2, 0.25) is 18.1 Å². The standard InChI is InChI=1S/C22H33NO3Si/c1-10-19(26-27(8,9)22(5,6)7)17-15-23(20(24)25-21(2,3)4)18-14-12-11-13-16(17)18/h10-15,19H,1H2,2-9H3. The van der Waals surface area contributed by atoms with Gasteiger partial charge in [0.1, 0.15) is 5.60 Å². The maximum atomic E-state index is 12.7. The molecular formula is C22H33NO3Si. The summed E-state index contributed by atoms with van der Waals surface area (Å²) in [6.45, 7) is 20.7. The number of fused-ring (bicyclic) bond motifs is 1. The summed E-state index contributed by atoms with van der Waals surface area (Å²) < 4.78 is 13.7. The minimum Gasteiger partial charge on any atom is -0.443 e.